The number of piperazine rings is 1. The molecule has 0 saturated carbocycles. The third-order valence-corrected chi connectivity index (χ3v) is 6.09. The Balaban J connectivity index is 1.44. The lowest BCUT2D eigenvalue weighted by Gasteiger charge is -2.37. The molecule has 1 aliphatic heterocycles. The number of rotatable bonds is 3. The van der Waals surface area contributed by atoms with Crippen molar-refractivity contribution in [3.05, 3.63) is 72.1 Å². The highest BCUT2D eigenvalue weighted by atomic mass is 32.1. The first kappa shape index (κ1) is 17.1. The van der Waals surface area contributed by atoms with Crippen LogP contribution in [0.4, 0.5) is 15.9 Å². The van der Waals surface area contributed by atoms with Crippen LogP contribution in [0.25, 0.3) is 21.3 Å². The van der Waals surface area contributed by atoms with Crippen LogP contribution >= 0.6 is 11.3 Å². The second kappa shape index (κ2) is 7.20. The number of nitrogens with zero attached hydrogens (tertiary/aromatic N) is 4. The van der Waals surface area contributed by atoms with E-state index >= 15 is 0 Å². The molecule has 6 heteroatoms. The highest BCUT2D eigenvalue weighted by molar-refractivity contribution is 7.17. The van der Waals surface area contributed by atoms with Gasteiger partial charge in [-0.25, -0.2) is 14.4 Å². The Morgan fingerprint density at radius 3 is 2.29 bits per heavy atom. The van der Waals surface area contributed by atoms with E-state index in [2.05, 4.69) is 49.4 Å². The minimum Gasteiger partial charge on any atom is -0.368 e. The van der Waals surface area contributed by atoms with E-state index in [1.54, 1.807) is 17.7 Å². The number of hydrogen-bond donors (Lipinski definition) is 0. The van der Waals surface area contributed by atoms with E-state index in [0.29, 0.717) is 0 Å². The summed E-state index contributed by atoms with van der Waals surface area (Å²) in [6.45, 7) is 3.49. The van der Waals surface area contributed by atoms with Gasteiger partial charge in [-0.15, -0.1) is 11.3 Å². The average Bonchev–Trinajstić information content (AvgIpc) is 3.19. The number of thiophene rings is 1. The minimum atomic E-state index is -0.198. The Bertz CT molecular complexity index is 1090. The molecule has 28 heavy (non-hydrogen) atoms. The summed E-state index contributed by atoms with van der Waals surface area (Å²) in [5.74, 6) is 0.806. The van der Waals surface area contributed by atoms with Gasteiger partial charge in [0.05, 0.1) is 5.39 Å². The maximum Gasteiger partial charge on any atom is 0.141 e. The monoisotopic (exact) mass is 390 g/mol. The molecule has 0 N–H and O–H groups in total. The molecule has 1 saturated heterocycles. The van der Waals surface area contributed by atoms with E-state index in [1.807, 2.05) is 18.2 Å². The molecule has 0 unspecified atom stereocenters. The fourth-order valence-electron chi connectivity index (χ4n) is 3.76. The zero-order chi connectivity index (χ0) is 18.9. The Labute approximate surface area is 166 Å². The minimum absolute atomic E-state index is 0.198. The van der Waals surface area contributed by atoms with E-state index in [1.165, 1.54) is 23.3 Å². The quantitative estimate of drug-likeness (QED) is 0.502. The number of hydrogen-bond acceptors (Lipinski definition) is 5. The summed E-state index contributed by atoms with van der Waals surface area (Å²) >= 11 is 1.66. The van der Waals surface area contributed by atoms with Gasteiger partial charge in [0.1, 0.15) is 22.8 Å². The molecule has 0 atom stereocenters. The van der Waals surface area contributed by atoms with Crippen LogP contribution in [-0.4, -0.2) is 36.1 Å². The second-order valence-corrected chi connectivity index (χ2v) is 7.70. The first-order chi connectivity index (χ1) is 13.8. The molecular formula is C22H19FN4S. The fraction of sp³-hybridized carbons (Fsp3) is 0.182. The first-order valence-electron chi connectivity index (χ1n) is 9.33. The van der Waals surface area contributed by atoms with Gasteiger partial charge in [0.25, 0.3) is 0 Å². The van der Waals surface area contributed by atoms with Crippen LogP contribution < -0.4 is 9.80 Å². The lowest BCUT2D eigenvalue weighted by molar-refractivity contribution is 0.624. The number of benzene rings is 2. The summed E-state index contributed by atoms with van der Waals surface area (Å²) in [5, 5.41) is 3.31. The van der Waals surface area contributed by atoms with E-state index in [9.17, 15) is 4.39 Å². The van der Waals surface area contributed by atoms with Crippen molar-refractivity contribution in [2.75, 3.05) is 36.0 Å². The van der Waals surface area contributed by atoms with Gasteiger partial charge < -0.3 is 9.80 Å². The Morgan fingerprint density at radius 1 is 0.821 bits per heavy atom. The molecule has 3 heterocycles. The lowest BCUT2D eigenvalue weighted by Crippen LogP contribution is -2.46. The molecule has 2 aromatic carbocycles. The Hall–Kier alpha value is -2.99. The SMILES string of the molecule is Fc1ccc(N2CCN(c3ncnc4scc(-c5ccccc5)c34)CC2)cc1. The number of aromatic nitrogens is 2. The molecule has 1 fully saturated rings. The van der Waals surface area contributed by atoms with Gasteiger partial charge in [-0.2, -0.15) is 0 Å². The molecule has 0 amide bonds. The van der Waals surface area contributed by atoms with Crippen molar-refractivity contribution in [2.24, 2.45) is 0 Å². The van der Waals surface area contributed by atoms with E-state index < -0.39 is 0 Å². The van der Waals surface area contributed by atoms with Crippen LogP contribution in [0.15, 0.2) is 66.3 Å². The summed E-state index contributed by atoms with van der Waals surface area (Å²) < 4.78 is 13.2. The normalized spacial score (nSPS) is 14.6. The van der Waals surface area contributed by atoms with Crippen LogP contribution in [0.3, 0.4) is 0 Å². The lowest BCUT2D eigenvalue weighted by atomic mass is 10.1. The summed E-state index contributed by atoms with van der Waals surface area (Å²) in [4.78, 5) is 14.8. The molecular weight excluding hydrogens is 371 g/mol. The highest BCUT2D eigenvalue weighted by Gasteiger charge is 2.22. The molecule has 4 nitrogen and oxygen atoms in total. The number of halogens is 1. The summed E-state index contributed by atoms with van der Waals surface area (Å²) in [6, 6.07) is 17.1. The zero-order valence-electron chi connectivity index (χ0n) is 15.3. The van der Waals surface area contributed by atoms with Crippen LogP contribution in [0.2, 0.25) is 0 Å². The van der Waals surface area contributed by atoms with Crippen molar-refractivity contribution in [1.82, 2.24) is 9.97 Å². The van der Waals surface area contributed by atoms with Crippen LogP contribution in [0.5, 0.6) is 0 Å². The molecule has 0 aliphatic carbocycles. The van der Waals surface area contributed by atoms with E-state index in [-0.39, 0.29) is 5.82 Å². The number of fused-ring (bicyclic) bond motifs is 1. The van der Waals surface area contributed by atoms with Gasteiger partial charge in [-0.05, 0) is 29.8 Å². The van der Waals surface area contributed by atoms with Crippen molar-refractivity contribution >= 4 is 33.1 Å². The molecule has 2 aromatic heterocycles. The fourth-order valence-corrected chi connectivity index (χ4v) is 4.67. The first-order valence-corrected chi connectivity index (χ1v) is 10.2. The topological polar surface area (TPSA) is 32.3 Å². The summed E-state index contributed by atoms with van der Waals surface area (Å²) in [7, 11) is 0. The van der Waals surface area contributed by atoms with Gasteiger partial charge in [0.2, 0.25) is 0 Å². The Morgan fingerprint density at radius 2 is 1.54 bits per heavy atom. The van der Waals surface area contributed by atoms with Gasteiger partial charge in [0, 0.05) is 42.8 Å². The standard InChI is InChI=1S/C22H19FN4S/c23-17-6-8-18(9-7-17)26-10-12-27(13-11-26)21-20-19(16-4-2-1-3-5-16)14-28-22(20)25-15-24-21/h1-9,14-15H,10-13H2. The molecule has 0 spiro atoms. The average molecular weight is 390 g/mol. The molecule has 0 bridgehead atoms. The zero-order valence-corrected chi connectivity index (χ0v) is 16.1. The van der Waals surface area contributed by atoms with E-state index in [4.69, 9.17) is 0 Å². The van der Waals surface area contributed by atoms with Crippen molar-refractivity contribution in [3.63, 3.8) is 0 Å². The van der Waals surface area contributed by atoms with E-state index in [0.717, 1.165) is 47.9 Å². The van der Waals surface area contributed by atoms with Crippen LogP contribution in [0, 0.1) is 5.82 Å². The van der Waals surface area contributed by atoms with Crippen LogP contribution in [-0.2, 0) is 0 Å². The van der Waals surface area contributed by atoms with Gasteiger partial charge in [-0.1, -0.05) is 30.3 Å². The second-order valence-electron chi connectivity index (χ2n) is 6.84. The predicted octanol–water partition coefficient (Wildman–Crippen LogP) is 4.82. The number of anilines is 2. The summed E-state index contributed by atoms with van der Waals surface area (Å²) in [5.41, 5.74) is 3.45. The van der Waals surface area contributed by atoms with Gasteiger partial charge in [-0.3, -0.25) is 0 Å². The van der Waals surface area contributed by atoms with Crippen LogP contribution in [0.1, 0.15) is 0 Å². The molecule has 0 radical (unpaired) electrons. The maximum absolute atomic E-state index is 13.2. The molecule has 1 aliphatic rings. The van der Waals surface area contributed by atoms with Crippen molar-refractivity contribution in [2.45, 2.75) is 0 Å². The largest absolute Gasteiger partial charge is 0.368 e. The van der Waals surface area contributed by atoms with Gasteiger partial charge >= 0.3 is 0 Å². The maximum atomic E-state index is 13.2. The van der Waals surface area contributed by atoms with Gasteiger partial charge in [0.15, 0.2) is 0 Å². The third-order valence-electron chi connectivity index (χ3n) is 5.21. The third kappa shape index (κ3) is 3.10. The van der Waals surface area contributed by atoms with Crippen molar-refractivity contribution in [3.8, 4) is 11.1 Å². The Kier molecular flexibility index (Phi) is 4.41. The molecule has 140 valence electrons. The summed E-state index contributed by atoms with van der Waals surface area (Å²) in [6.07, 6.45) is 1.66. The highest BCUT2D eigenvalue weighted by Crippen LogP contribution is 2.38. The molecule has 5 rings (SSSR count). The molecule has 4 aromatic rings. The van der Waals surface area contributed by atoms with Crippen molar-refractivity contribution in [1.29, 1.82) is 0 Å². The smallest absolute Gasteiger partial charge is 0.141 e. The predicted molar refractivity (Wildman–Crippen MR) is 114 cm³/mol. The van der Waals surface area contributed by atoms with Crippen molar-refractivity contribution < 1.29 is 4.39 Å².